The van der Waals surface area contributed by atoms with E-state index in [0.29, 0.717) is 19.3 Å². The van der Waals surface area contributed by atoms with Crippen molar-refractivity contribution in [1.29, 1.82) is 0 Å². The maximum absolute atomic E-state index is 12.9. The average Bonchev–Trinajstić information content (AvgIpc) is 3.42. The Morgan fingerprint density at radius 3 is 0.658 bits per heavy atom. The number of ether oxygens (including phenoxy) is 3. The Kier molecular flexibility index (Phi) is 64.1. The topological polar surface area (TPSA) is 78.9 Å². The third kappa shape index (κ3) is 63.0. The van der Waals surface area contributed by atoms with Gasteiger partial charge < -0.3 is 14.2 Å². The van der Waals surface area contributed by atoms with Crippen molar-refractivity contribution in [2.75, 3.05) is 13.2 Å². The zero-order chi connectivity index (χ0) is 55.0. The molecule has 0 saturated heterocycles. The molecule has 0 N–H and O–H groups in total. The second kappa shape index (κ2) is 65.7. The molecule has 0 aromatic rings. The fourth-order valence-corrected chi connectivity index (χ4v) is 10.8. The van der Waals surface area contributed by atoms with Gasteiger partial charge in [0.2, 0.25) is 0 Å². The number of allylic oxidation sites excluding steroid dienone is 2. The molecule has 6 heteroatoms. The fraction of sp³-hybridized carbons (Fsp3) is 0.929. The van der Waals surface area contributed by atoms with Crippen molar-refractivity contribution in [2.45, 2.75) is 406 Å². The first-order valence-corrected chi connectivity index (χ1v) is 34.7. The maximum Gasteiger partial charge on any atom is 0.306 e. The number of unbranched alkanes of at least 4 members (excludes halogenated alkanes) is 52. The summed E-state index contributed by atoms with van der Waals surface area (Å²) in [5.74, 6) is -0.838. The van der Waals surface area contributed by atoms with Gasteiger partial charge in [-0.1, -0.05) is 348 Å². The summed E-state index contributed by atoms with van der Waals surface area (Å²) in [6.07, 6.45) is 78.5. The third-order valence-electron chi connectivity index (χ3n) is 16.0. The number of rotatable bonds is 65. The smallest absolute Gasteiger partial charge is 0.306 e. The summed E-state index contributed by atoms with van der Waals surface area (Å²) >= 11 is 0. The molecular formula is C70H134O6. The minimum Gasteiger partial charge on any atom is -0.462 e. The number of carbonyl (C=O) groups is 3. The van der Waals surface area contributed by atoms with E-state index in [2.05, 4.69) is 32.9 Å². The lowest BCUT2D eigenvalue weighted by Crippen LogP contribution is -2.30. The Hall–Kier alpha value is -1.85. The van der Waals surface area contributed by atoms with E-state index in [0.717, 1.165) is 57.8 Å². The first kappa shape index (κ1) is 74.2. The Morgan fingerprint density at radius 1 is 0.250 bits per heavy atom. The monoisotopic (exact) mass is 1070 g/mol. The van der Waals surface area contributed by atoms with Crippen LogP contribution in [0.4, 0.5) is 0 Å². The lowest BCUT2D eigenvalue weighted by atomic mass is 10.0. The molecule has 0 rings (SSSR count). The molecule has 0 saturated carbocycles. The molecule has 76 heavy (non-hydrogen) atoms. The van der Waals surface area contributed by atoms with Gasteiger partial charge in [-0.3, -0.25) is 14.4 Å². The molecule has 0 spiro atoms. The Bertz CT molecular complexity index is 1180. The van der Waals surface area contributed by atoms with Crippen LogP contribution in [0.2, 0.25) is 0 Å². The summed E-state index contributed by atoms with van der Waals surface area (Å²) < 4.78 is 16.9. The molecule has 0 aromatic carbocycles. The summed E-state index contributed by atoms with van der Waals surface area (Å²) in [5, 5.41) is 0. The molecule has 6 nitrogen and oxygen atoms in total. The van der Waals surface area contributed by atoms with Gasteiger partial charge in [-0.05, 0) is 44.9 Å². The quantitative estimate of drug-likeness (QED) is 0.0261. The van der Waals surface area contributed by atoms with Crippen LogP contribution in [0.15, 0.2) is 12.2 Å². The molecule has 0 amide bonds. The summed E-state index contributed by atoms with van der Waals surface area (Å²) in [7, 11) is 0. The molecule has 0 radical (unpaired) electrons. The van der Waals surface area contributed by atoms with Crippen LogP contribution < -0.4 is 0 Å². The van der Waals surface area contributed by atoms with Crippen molar-refractivity contribution in [3.05, 3.63) is 12.2 Å². The van der Waals surface area contributed by atoms with E-state index in [1.54, 1.807) is 0 Å². The summed E-state index contributed by atoms with van der Waals surface area (Å²) in [4.78, 5) is 38.1. The second-order valence-corrected chi connectivity index (χ2v) is 23.8. The summed E-state index contributed by atoms with van der Waals surface area (Å²) in [5.41, 5.74) is 0. The van der Waals surface area contributed by atoms with Crippen LogP contribution in [0.1, 0.15) is 400 Å². The van der Waals surface area contributed by atoms with Crippen LogP contribution >= 0.6 is 0 Å². The average molecular weight is 1070 g/mol. The second-order valence-electron chi connectivity index (χ2n) is 23.8. The molecular weight excluding hydrogens is 937 g/mol. The first-order valence-electron chi connectivity index (χ1n) is 34.7. The maximum atomic E-state index is 12.9. The molecule has 0 fully saturated rings. The van der Waals surface area contributed by atoms with Gasteiger partial charge in [0.05, 0.1) is 0 Å². The zero-order valence-corrected chi connectivity index (χ0v) is 51.8. The van der Waals surface area contributed by atoms with E-state index in [1.165, 1.54) is 302 Å². The van der Waals surface area contributed by atoms with Crippen LogP contribution in [-0.4, -0.2) is 37.2 Å². The lowest BCUT2D eigenvalue weighted by Gasteiger charge is -2.18. The number of esters is 3. The van der Waals surface area contributed by atoms with Crippen molar-refractivity contribution in [3.63, 3.8) is 0 Å². The van der Waals surface area contributed by atoms with Crippen molar-refractivity contribution in [1.82, 2.24) is 0 Å². The van der Waals surface area contributed by atoms with Crippen molar-refractivity contribution < 1.29 is 28.6 Å². The van der Waals surface area contributed by atoms with E-state index in [9.17, 15) is 14.4 Å². The van der Waals surface area contributed by atoms with Gasteiger partial charge in [-0.25, -0.2) is 0 Å². The van der Waals surface area contributed by atoms with E-state index in [-0.39, 0.29) is 31.1 Å². The number of carbonyl (C=O) groups excluding carboxylic acids is 3. The molecule has 450 valence electrons. The highest BCUT2D eigenvalue weighted by Gasteiger charge is 2.19. The van der Waals surface area contributed by atoms with Gasteiger partial charge >= 0.3 is 17.9 Å². The van der Waals surface area contributed by atoms with Gasteiger partial charge in [-0.2, -0.15) is 0 Å². The highest BCUT2D eigenvalue weighted by molar-refractivity contribution is 5.71. The van der Waals surface area contributed by atoms with Crippen LogP contribution in [0.5, 0.6) is 0 Å². The van der Waals surface area contributed by atoms with Crippen molar-refractivity contribution >= 4 is 17.9 Å². The highest BCUT2D eigenvalue weighted by atomic mass is 16.6. The standard InChI is InChI=1S/C70H134O6/c1-4-7-10-13-16-18-20-22-24-26-28-30-32-33-34-35-36-37-38-40-41-43-45-47-49-51-54-57-60-63-69(72)75-66-67(65-74-68(71)62-59-56-53-15-12-9-6-3)76-70(73)64-61-58-55-52-50-48-46-44-42-39-31-29-27-25-23-21-19-17-14-11-8-5-2/h26,28,67H,4-25,27,29-66H2,1-3H3/b28-26-. The minimum absolute atomic E-state index is 0.0631. The zero-order valence-electron chi connectivity index (χ0n) is 51.8. The van der Waals surface area contributed by atoms with Gasteiger partial charge in [0.1, 0.15) is 13.2 Å². The van der Waals surface area contributed by atoms with E-state index >= 15 is 0 Å². The van der Waals surface area contributed by atoms with Crippen molar-refractivity contribution in [3.8, 4) is 0 Å². The van der Waals surface area contributed by atoms with Crippen molar-refractivity contribution in [2.24, 2.45) is 0 Å². The third-order valence-corrected chi connectivity index (χ3v) is 16.0. The molecule has 0 bridgehead atoms. The first-order chi connectivity index (χ1) is 37.5. The van der Waals surface area contributed by atoms with Crippen LogP contribution in [0.25, 0.3) is 0 Å². The van der Waals surface area contributed by atoms with Crippen LogP contribution in [-0.2, 0) is 28.6 Å². The summed E-state index contributed by atoms with van der Waals surface area (Å²) in [6.45, 7) is 6.68. The van der Waals surface area contributed by atoms with Gasteiger partial charge in [-0.15, -0.1) is 0 Å². The lowest BCUT2D eigenvalue weighted by molar-refractivity contribution is -0.167. The molecule has 1 unspecified atom stereocenters. The SMILES string of the molecule is CCCCCCCCCC/C=C\CCCCCCCCCCCCCCCCCCCC(=O)OCC(COC(=O)CCCCCCCCC)OC(=O)CCCCCCCCCCCCCCCCCCCCCCCC. The predicted molar refractivity (Wildman–Crippen MR) is 330 cm³/mol. The highest BCUT2D eigenvalue weighted by Crippen LogP contribution is 2.19. The minimum atomic E-state index is -0.763. The fourth-order valence-electron chi connectivity index (χ4n) is 10.8. The van der Waals surface area contributed by atoms with E-state index < -0.39 is 6.10 Å². The van der Waals surface area contributed by atoms with E-state index in [4.69, 9.17) is 14.2 Å². The van der Waals surface area contributed by atoms with Crippen LogP contribution in [0, 0.1) is 0 Å². The molecule has 0 aliphatic heterocycles. The molecule has 0 heterocycles. The largest absolute Gasteiger partial charge is 0.462 e. The van der Waals surface area contributed by atoms with Gasteiger partial charge in [0.15, 0.2) is 6.10 Å². The molecule has 0 aromatic heterocycles. The Labute approximate surface area is 475 Å². The molecule has 1 atom stereocenters. The Balaban J connectivity index is 4.00. The number of hydrogen-bond acceptors (Lipinski definition) is 6. The summed E-state index contributed by atoms with van der Waals surface area (Å²) in [6, 6.07) is 0. The number of hydrogen-bond donors (Lipinski definition) is 0. The Morgan fingerprint density at radius 2 is 0.434 bits per heavy atom. The molecule has 0 aliphatic rings. The molecule has 0 aliphatic carbocycles. The van der Waals surface area contributed by atoms with E-state index in [1.807, 2.05) is 0 Å². The predicted octanol–water partition coefficient (Wildman–Crippen LogP) is 23.6. The normalized spacial score (nSPS) is 12.0. The van der Waals surface area contributed by atoms with Gasteiger partial charge in [0.25, 0.3) is 0 Å². The van der Waals surface area contributed by atoms with Crippen LogP contribution in [0.3, 0.4) is 0 Å². The van der Waals surface area contributed by atoms with Gasteiger partial charge in [0, 0.05) is 19.3 Å².